The molecule has 0 fully saturated rings. The third-order valence-electron chi connectivity index (χ3n) is 4.72. The van der Waals surface area contributed by atoms with E-state index < -0.39 is 0 Å². The zero-order valence-corrected chi connectivity index (χ0v) is 18.4. The molecular weight excluding hydrogens is 462 g/mol. The Morgan fingerprint density at radius 2 is 0.800 bits per heavy atom. The standard InChI is InChI=1S/C24H14Cl4O2/c25-15-9-19(13-1-5-17(29)6-2-13)23(21(27)11-15)24-20(10-16(26)12-22(24)28)14-3-7-18(30)8-4-14/h1-12,29-30H. The molecule has 4 aromatic rings. The van der Waals surface area contributed by atoms with Gasteiger partial charge in [0.2, 0.25) is 0 Å². The molecule has 0 heterocycles. The lowest BCUT2D eigenvalue weighted by atomic mass is 9.89. The highest BCUT2D eigenvalue weighted by atomic mass is 35.5. The lowest BCUT2D eigenvalue weighted by molar-refractivity contribution is 0.475. The largest absolute Gasteiger partial charge is 0.508 e. The van der Waals surface area contributed by atoms with Crippen LogP contribution in [-0.4, -0.2) is 10.2 Å². The Balaban J connectivity index is 2.06. The number of hydrogen-bond acceptors (Lipinski definition) is 2. The Hall–Kier alpha value is -2.36. The van der Waals surface area contributed by atoms with E-state index in [9.17, 15) is 10.2 Å². The number of phenols is 2. The van der Waals surface area contributed by atoms with Gasteiger partial charge in [0.1, 0.15) is 11.5 Å². The molecule has 6 heteroatoms. The van der Waals surface area contributed by atoms with E-state index in [-0.39, 0.29) is 11.5 Å². The van der Waals surface area contributed by atoms with Gasteiger partial charge in [-0.15, -0.1) is 0 Å². The second kappa shape index (κ2) is 8.41. The normalized spacial score (nSPS) is 10.9. The number of phenolic OH excluding ortho intramolecular Hbond substituents is 2. The van der Waals surface area contributed by atoms with Crippen molar-refractivity contribution in [1.29, 1.82) is 0 Å². The molecule has 0 atom stereocenters. The summed E-state index contributed by atoms with van der Waals surface area (Å²) in [4.78, 5) is 0. The molecule has 0 saturated carbocycles. The zero-order valence-electron chi connectivity index (χ0n) is 15.3. The van der Waals surface area contributed by atoms with E-state index in [0.717, 1.165) is 22.3 Å². The number of benzene rings is 4. The SMILES string of the molecule is Oc1ccc(-c2cc(Cl)cc(Cl)c2-c2c(Cl)cc(Cl)cc2-c2ccc(O)cc2)cc1. The molecule has 0 aliphatic carbocycles. The molecule has 0 aliphatic heterocycles. The molecule has 2 nitrogen and oxygen atoms in total. The van der Waals surface area contributed by atoms with Gasteiger partial charge in [-0.2, -0.15) is 0 Å². The number of halogens is 4. The molecule has 4 rings (SSSR count). The monoisotopic (exact) mass is 474 g/mol. The van der Waals surface area contributed by atoms with Gasteiger partial charge < -0.3 is 10.2 Å². The van der Waals surface area contributed by atoms with Gasteiger partial charge in [0.05, 0.1) is 10.0 Å². The van der Waals surface area contributed by atoms with Crippen molar-refractivity contribution < 1.29 is 10.2 Å². The molecule has 2 N–H and O–H groups in total. The van der Waals surface area contributed by atoms with Crippen LogP contribution < -0.4 is 0 Å². The summed E-state index contributed by atoms with van der Waals surface area (Å²) in [7, 11) is 0. The quantitative estimate of drug-likeness (QED) is 0.311. The van der Waals surface area contributed by atoms with Crippen LogP contribution in [0.3, 0.4) is 0 Å². The smallest absolute Gasteiger partial charge is 0.115 e. The van der Waals surface area contributed by atoms with E-state index in [0.29, 0.717) is 31.2 Å². The fourth-order valence-electron chi connectivity index (χ4n) is 3.39. The molecule has 0 aromatic heterocycles. The van der Waals surface area contributed by atoms with Gasteiger partial charge in [0.25, 0.3) is 0 Å². The summed E-state index contributed by atoms with van der Waals surface area (Å²) in [6.45, 7) is 0. The van der Waals surface area contributed by atoms with Crippen molar-refractivity contribution in [2.45, 2.75) is 0 Å². The van der Waals surface area contributed by atoms with Crippen molar-refractivity contribution in [3.8, 4) is 44.9 Å². The summed E-state index contributed by atoms with van der Waals surface area (Å²) < 4.78 is 0. The van der Waals surface area contributed by atoms with Crippen LogP contribution in [0.1, 0.15) is 0 Å². The molecule has 0 bridgehead atoms. The van der Waals surface area contributed by atoms with Crippen LogP contribution >= 0.6 is 46.4 Å². The van der Waals surface area contributed by atoms with E-state index >= 15 is 0 Å². The van der Waals surface area contributed by atoms with Crippen molar-refractivity contribution in [3.63, 3.8) is 0 Å². The van der Waals surface area contributed by atoms with Gasteiger partial charge in [-0.1, -0.05) is 70.7 Å². The molecule has 4 aromatic carbocycles. The van der Waals surface area contributed by atoms with Crippen LogP contribution in [0.4, 0.5) is 0 Å². The first-order valence-corrected chi connectivity index (χ1v) is 10.4. The molecule has 0 spiro atoms. The van der Waals surface area contributed by atoms with Gasteiger partial charge in [-0.25, -0.2) is 0 Å². The molecule has 0 unspecified atom stereocenters. The Bertz CT molecular complexity index is 1130. The zero-order chi connectivity index (χ0) is 21.4. The summed E-state index contributed by atoms with van der Waals surface area (Å²) in [5, 5.41) is 21.2. The van der Waals surface area contributed by atoms with Crippen LogP contribution in [0.5, 0.6) is 11.5 Å². The highest BCUT2D eigenvalue weighted by Crippen LogP contribution is 2.48. The van der Waals surface area contributed by atoms with Gasteiger partial charge in [-0.05, 0) is 70.8 Å². The fraction of sp³-hybridized carbons (Fsp3) is 0. The fourth-order valence-corrected chi connectivity index (χ4v) is 4.57. The average molecular weight is 476 g/mol. The van der Waals surface area contributed by atoms with Gasteiger partial charge >= 0.3 is 0 Å². The van der Waals surface area contributed by atoms with Crippen molar-refractivity contribution in [3.05, 3.63) is 92.9 Å². The lowest BCUT2D eigenvalue weighted by Crippen LogP contribution is -1.93. The van der Waals surface area contributed by atoms with Crippen LogP contribution in [0.2, 0.25) is 20.1 Å². The summed E-state index contributed by atoms with van der Waals surface area (Å²) in [6.07, 6.45) is 0. The molecular formula is C24H14Cl4O2. The molecule has 0 saturated heterocycles. The van der Waals surface area contributed by atoms with E-state index in [1.807, 2.05) is 0 Å². The van der Waals surface area contributed by atoms with E-state index in [4.69, 9.17) is 46.4 Å². The van der Waals surface area contributed by atoms with Gasteiger partial charge in [-0.3, -0.25) is 0 Å². The highest BCUT2D eigenvalue weighted by molar-refractivity contribution is 6.41. The molecule has 0 radical (unpaired) electrons. The second-order valence-corrected chi connectivity index (χ2v) is 8.40. The van der Waals surface area contributed by atoms with E-state index in [2.05, 4.69) is 0 Å². The minimum atomic E-state index is 0.155. The number of rotatable bonds is 3. The first-order valence-electron chi connectivity index (χ1n) is 8.91. The van der Waals surface area contributed by atoms with Crippen molar-refractivity contribution in [2.24, 2.45) is 0 Å². The predicted octanol–water partition coefficient (Wildman–Crippen LogP) is 8.71. The van der Waals surface area contributed by atoms with Gasteiger partial charge in [0.15, 0.2) is 0 Å². The average Bonchev–Trinajstić information content (AvgIpc) is 2.69. The third-order valence-corrected chi connectivity index (χ3v) is 5.75. The Morgan fingerprint density at radius 1 is 0.467 bits per heavy atom. The molecule has 30 heavy (non-hydrogen) atoms. The molecule has 0 aliphatic rings. The first kappa shape index (κ1) is 20.9. The number of aromatic hydroxyl groups is 2. The van der Waals surface area contributed by atoms with Gasteiger partial charge in [0, 0.05) is 21.2 Å². The van der Waals surface area contributed by atoms with Crippen LogP contribution in [0.25, 0.3) is 33.4 Å². The Morgan fingerprint density at radius 3 is 1.13 bits per heavy atom. The van der Waals surface area contributed by atoms with Crippen molar-refractivity contribution in [2.75, 3.05) is 0 Å². The summed E-state index contributed by atoms with van der Waals surface area (Å²) in [5.41, 5.74) is 4.53. The Kier molecular flexibility index (Phi) is 5.86. The Labute approximate surface area is 193 Å². The molecule has 150 valence electrons. The summed E-state index contributed by atoms with van der Waals surface area (Å²) in [6, 6.07) is 20.4. The van der Waals surface area contributed by atoms with Crippen LogP contribution in [0, 0.1) is 0 Å². The minimum Gasteiger partial charge on any atom is -0.508 e. The van der Waals surface area contributed by atoms with Crippen molar-refractivity contribution >= 4 is 46.4 Å². The van der Waals surface area contributed by atoms with E-state index in [1.165, 1.54) is 0 Å². The highest BCUT2D eigenvalue weighted by Gasteiger charge is 2.21. The van der Waals surface area contributed by atoms with Crippen LogP contribution in [0.15, 0.2) is 72.8 Å². The number of hydrogen-bond donors (Lipinski definition) is 2. The maximum absolute atomic E-state index is 9.68. The lowest BCUT2D eigenvalue weighted by Gasteiger charge is -2.19. The molecule has 0 amide bonds. The van der Waals surface area contributed by atoms with E-state index in [1.54, 1.807) is 72.8 Å². The second-order valence-electron chi connectivity index (χ2n) is 6.71. The van der Waals surface area contributed by atoms with Crippen molar-refractivity contribution in [1.82, 2.24) is 0 Å². The topological polar surface area (TPSA) is 40.5 Å². The van der Waals surface area contributed by atoms with Crippen LogP contribution in [-0.2, 0) is 0 Å². The minimum absolute atomic E-state index is 0.155. The first-order chi connectivity index (χ1) is 14.3. The third kappa shape index (κ3) is 4.10. The summed E-state index contributed by atoms with van der Waals surface area (Å²) in [5.74, 6) is 0.311. The maximum Gasteiger partial charge on any atom is 0.115 e. The predicted molar refractivity (Wildman–Crippen MR) is 126 cm³/mol. The maximum atomic E-state index is 9.68. The summed E-state index contributed by atoms with van der Waals surface area (Å²) >= 11 is 26.0.